The lowest BCUT2D eigenvalue weighted by atomic mass is 10.2. The molecule has 0 saturated heterocycles. The van der Waals surface area contributed by atoms with Crippen molar-refractivity contribution in [2.24, 2.45) is 5.73 Å². The predicted molar refractivity (Wildman–Crippen MR) is 56.7 cm³/mol. The summed E-state index contributed by atoms with van der Waals surface area (Å²) < 4.78 is 5.31. The van der Waals surface area contributed by atoms with E-state index in [4.69, 9.17) is 10.2 Å². The zero-order valence-corrected chi connectivity index (χ0v) is 9.09. The molecule has 0 unspecified atom stereocenters. The Morgan fingerprint density at radius 3 is 2.67 bits per heavy atom. The minimum atomic E-state index is -0.144. The molecular formula is C11H16N2O2. The quantitative estimate of drug-likeness (QED) is 0.782. The smallest absolute Gasteiger partial charge is 0.255 e. The number of aryl methyl sites for hydroxylation is 2. The van der Waals surface area contributed by atoms with E-state index in [9.17, 15) is 4.79 Å². The Hall–Kier alpha value is -1.29. The second kappa shape index (κ2) is 3.38. The highest BCUT2D eigenvalue weighted by Crippen LogP contribution is 2.34. The minimum Gasteiger partial charge on any atom is -0.466 e. The van der Waals surface area contributed by atoms with E-state index in [1.165, 1.54) is 0 Å². The van der Waals surface area contributed by atoms with Gasteiger partial charge < -0.3 is 15.5 Å². The van der Waals surface area contributed by atoms with Gasteiger partial charge in [-0.05, 0) is 32.8 Å². The molecule has 1 fully saturated rings. The number of hydrogen-bond donors (Lipinski definition) is 2. The molecule has 15 heavy (non-hydrogen) atoms. The van der Waals surface area contributed by atoms with E-state index >= 15 is 0 Å². The van der Waals surface area contributed by atoms with Crippen molar-refractivity contribution < 1.29 is 9.21 Å². The predicted octanol–water partition coefficient (Wildman–Crippen LogP) is 1.12. The van der Waals surface area contributed by atoms with Gasteiger partial charge in [0.2, 0.25) is 0 Å². The van der Waals surface area contributed by atoms with Gasteiger partial charge in [-0.15, -0.1) is 0 Å². The third kappa shape index (κ3) is 1.90. The lowest BCUT2D eigenvalue weighted by Crippen LogP contribution is -2.42. The van der Waals surface area contributed by atoms with Crippen LogP contribution in [-0.2, 0) is 0 Å². The van der Waals surface area contributed by atoms with Crippen LogP contribution < -0.4 is 11.1 Å². The summed E-state index contributed by atoms with van der Waals surface area (Å²) in [6.07, 6.45) is 1.95. The number of nitrogens with one attached hydrogen (secondary N) is 1. The van der Waals surface area contributed by atoms with Crippen LogP contribution in [-0.4, -0.2) is 18.0 Å². The zero-order valence-electron chi connectivity index (χ0n) is 9.09. The molecule has 1 aliphatic rings. The number of carbonyl (C=O) groups is 1. The molecule has 2 rings (SSSR count). The molecule has 1 heterocycles. The van der Waals surface area contributed by atoms with Crippen molar-refractivity contribution in [2.75, 3.05) is 6.54 Å². The van der Waals surface area contributed by atoms with Crippen LogP contribution in [0.1, 0.15) is 34.7 Å². The SMILES string of the molecule is Cc1cc(C(=O)NC2(CN)CC2)c(C)o1. The van der Waals surface area contributed by atoms with Gasteiger partial charge in [0.05, 0.1) is 11.1 Å². The molecule has 0 atom stereocenters. The summed E-state index contributed by atoms with van der Waals surface area (Å²) in [6, 6.07) is 1.76. The summed E-state index contributed by atoms with van der Waals surface area (Å²) in [5, 5.41) is 2.96. The van der Waals surface area contributed by atoms with Crippen LogP contribution in [0, 0.1) is 13.8 Å². The lowest BCUT2D eigenvalue weighted by Gasteiger charge is -2.14. The molecule has 0 radical (unpaired) electrons. The standard InChI is InChI=1S/C11H16N2O2/c1-7-5-9(8(2)15-7)10(14)13-11(6-12)3-4-11/h5H,3-4,6,12H2,1-2H3,(H,13,14). The highest BCUT2D eigenvalue weighted by atomic mass is 16.3. The van der Waals surface area contributed by atoms with E-state index in [0.717, 1.165) is 18.6 Å². The molecule has 4 nitrogen and oxygen atoms in total. The van der Waals surface area contributed by atoms with Gasteiger partial charge in [0.1, 0.15) is 11.5 Å². The third-order valence-corrected chi connectivity index (χ3v) is 2.91. The Morgan fingerprint density at radius 1 is 1.60 bits per heavy atom. The summed E-state index contributed by atoms with van der Waals surface area (Å²) in [4.78, 5) is 11.9. The Bertz CT molecular complexity index is 391. The fraction of sp³-hybridized carbons (Fsp3) is 0.545. The van der Waals surface area contributed by atoms with Gasteiger partial charge >= 0.3 is 0 Å². The highest BCUT2D eigenvalue weighted by Gasteiger charge is 2.43. The summed E-state index contributed by atoms with van der Waals surface area (Å²) in [7, 11) is 0. The van der Waals surface area contributed by atoms with Gasteiger partial charge in [0, 0.05) is 6.54 Å². The number of furan rings is 1. The Kier molecular flexibility index (Phi) is 2.31. The van der Waals surface area contributed by atoms with Gasteiger partial charge in [0.15, 0.2) is 0 Å². The Labute approximate surface area is 88.8 Å². The number of rotatable bonds is 3. The molecule has 1 amide bonds. The van der Waals surface area contributed by atoms with E-state index in [1.807, 2.05) is 6.92 Å². The molecule has 4 heteroatoms. The lowest BCUT2D eigenvalue weighted by molar-refractivity contribution is 0.0931. The zero-order chi connectivity index (χ0) is 11.1. The molecule has 82 valence electrons. The molecule has 0 bridgehead atoms. The molecule has 0 aliphatic heterocycles. The second-order valence-electron chi connectivity index (χ2n) is 4.27. The van der Waals surface area contributed by atoms with E-state index in [2.05, 4.69) is 5.32 Å². The molecule has 1 aromatic heterocycles. The van der Waals surface area contributed by atoms with Crippen molar-refractivity contribution in [3.63, 3.8) is 0 Å². The van der Waals surface area contributed by atoms with Crippen LogP contribution >= 0.6 is 0 Å². The fourth-order valence-corrected chi connectivity index (χ4v) is 1.70. The maximum atomic E-state index is 11.9. The molecular weight excluding hydrogens is 192 g/mol. The van der Waals surface area contributed by atoms with Crippen LogP contribution in [0.3, 0.4) is 0 Å². The van der Waals surface area contributed by atoms with Crippen LogP contribution in [0.15, 0.2) is 10.5 Å². The molecule has 3 N–H and O–H groups in total. The van der Waals surface area contributed by atoms with Crippen molar-refractivity contribution in [1.82, 2.24) is 5.32 Å². The van der Waals surface area contributed by atoms with E-state index in [-0.39, 0.29) is 11.4 Å². The van der Waals surface area contributed by atoms with E-state index < -0.39 is 0 Å². The summed E-state index contributed by atoms with van der Waals surface area (Å²) in [5.41, 5.74) is 6.07. The van der Waals surface area contributed by atoms with Gasteiger partial charge in [-0.3, -0.25) is 4.79 Å². The molecule has 1 saturated carbocycles. The molecule has 1 aliphatic carbocycles. The summed E-state index contributed by atoms with van der Waals surface area (Å²) >= 11 is 0. The van der Waals surface area contributed by atoms with Crippen molar-refractivity contribution >= 4 is 5.91 Å². The third-order valence-electron chi connectivity index (χ3n) is 2.91. The van der Waals surface area contributed by atoms with Crippen LogP contribution in [0.5, 0.6) is 0 Å². The van der Waals surface area contributed by atoms with Gasteiger partial charge in [-0.1, -0.05) is 0 Å². The van der Waals surface area contributed by atoms with Crippen molar-refractivity contribution in [3.8, 4) is 0 Å². The molecule has 1 aromatic rings. The number of carbonyl (C=O) groups excluding carboxylic acids is 1. The maximum Gasteiger partial charge on any atom is 0.255 e. The first-order valence-corrected chi connectivity index (χ1v) is 5.16. The van der Waals surface area contributed by atoms with Crippen molar-refractivity contribution in [2.45, 2.75) is 32.2 Å². The number of amides is 1. The molecule has 0 aromatic carbocycles. The first kappa shape index (κ1) is 10.2. The highest BCUT2D eigenvalue weighted by molar-refractivity contribution is 5.96. The first-order chi connectivity index (χ1) is 7.06. The largest absolute Gasteiger partial charge is 0.466 e. The second-order valence-corrected chi connectivity index (χ2v) is 4.27. The average Bonchev–Trinajstić information content (AvgIpc) is 2.86. The van der Waals surface area contributed by atoms with Crippen molar-refractivity contribution in [1.29, 1.82) is 0 Å². The summed E-state index contributed by atoms with van der Waals surface area (Å²) in [6.45, 7) is 4.14. The topological polar surface area (TPSA) is 68.3 Å². The van der Waals surface area contributed by atoms with Crippen molar-refractivity contribution in [3.05, 3.63) is 23.2 Å². The average molecular weight is 208 g/mol. The van der Waals surface area contributed by atoms with E-state index in [1.54, 1.807) is 13.0 Å². The molecule has 0 spiro atoms. The Balaban J connectivity index is 2.11. The minimum absolute atomic E-state index is 0.0766. The fourth-order valence-electron chi connectivity index (χ4n) is 1.70. The van der Waals surface area contributed by atoms with E-state index in [0.29, 0.717) is 17.9 Å². The van der Waals surface area contributed by atoms with Crippen LogP contribution in [0.25, 0.3) is 0 Å². The van der Waals surface area contributed by atoms with Gasteiger partial charge in [-0.25, -0.2) is 0 Å². The first-order valence-electron chi connectivity index (χ1n) is 5.16. The monoisotopic (exact) mass is 208 g/mol. The number of hydrogen-bond acceptors (Lipinski definition) is 3. The van der Waals surface area contributed by atoms with Gasteiger partial charge in [-0.2, -0.15) is 0 Å². The summed E-state index contributed by atoms with van der Waals surface area (Å²) in [5.74, 6) is 1.35. The van der Waals surface area contributed by atoms with Crippen LogP contribution in [0.2, 0.25) is 0 Å². The Morgan fingerprint density at radius 2 is 2.27 bits per heavy atom. The van der Waals surface area contributed by atoms with Crippen LogP contribution in [0.4, 0.5) is 0 Å². The maximum absolute atomic E-state index is 11.9. The number of nitrogens with two attached hydrogens (primary N) is 1. The van der Waals surface area contributed by atoms with Gasteiger partial charge in [0.25, 0.3) is 5.91 Å². The normalized spacial score (nSPS) is 17.5.